The molecule has 0 spiro atoms. The van der Waals surface area contributed by atoms with Gasteiger partial charge in [0.15, 0.2) is 0 Å². The highest BCUT2D eigenvalue weighted by atomic mass is 16.2. The van der Waals surface area contributed by atoms with Crippen molar-refractivity contribution in [2.75, 3.05) is 45.7 Å². The second kappa shape index (κ2) is 9.60. The standard InChI is InChI=1S/C23H32N4O/c1-25(2)22(19-11-5-4-6-12-19)17-24-23(28)26(3)18-20-13-7-8-14-21(20)27-15-9-10-16-27/h4-8,11-14,22H,9-10,15-18H2,1-3H3,(H,24,28). The van der Waals surface area contributed by atoms with Crippen molar-refractivity contribution in [1.29, 1.82) is 0 Å². The Kier molecular flexibility index (Phi) is 6.93. The molecule has 1 aliphatic rings. The van der Waals surface area contributed by atoms with Crippen LogP contribution >= 0.6 is 0 Å². The lowest BCUT2D eigenvalue weighted by Crippen LogP contribution is -2.41. The molecule has 1 N–H and O–H groups in total. The van der Waals surface area contributed by atoms with Crippen molar-refractivity contribution in [3.05, 3.63) is 65.7 Å². The highest BCUT2D eigenvalue weighted by molar-refractivity contribution is 5.74. The number of amides is 2. The van der Waals surface area contributed by atoms with Crippen LogP contribution in [0.4, 0.5) is 10.5 Å². The zero-order chi connectivity index (χ0) is 19.9. The lowest BCUT2D eigenvalue weighted by Gasteiger charge is -2.27. The van der Waals surface area contributed by atoms with E-state index in [9.17, 15) is 4.79 Å². The van der Waals surface area contributed by atoms with Crippen molar-refractivity contribution in [3.63, 3.8) is 0 Å². The first-order chi connectivity index (χ1) is 13.6. The normalized spacial score (nSPS) is 14.9. The molecule has 1 atom stereocenters. The van der Waals surface area contributed by atoms with Gasteiger partial charge in [0, 0.05) is 38.9 Å². The summed E-state index contributed by atoms with van der Waals surface area (Å²) in [4.78, 5) is 19.1. The molecule has 0 saturated carbocycles. The van der Waals surface area contributed by atoms with Crippen molar-refractivity contribution < 1.29 is 4.79 Å². The van der Waals surface area contributed by atoms with Crippen molar-refractivity contribution in [2.24, 2.45) is 0 Å². The Morgan fingerprint density at radius 1 is 1.00 bits per heavy atom. The predicted molar refractivity (Wildman–Crippen MR) is 116 cm³/mol. The molecule has 2 aromatic rings. The van der Waals surface area contributed by atoms with E-state index in [4.69, 9.17) is 0 Å². The monoisotopic (exact) mass is 380 g/mol. The zero-order valence-corrected chi connectivity index (χ0v) is 17.3. The van der Waals surface area contributed by atoms with Crippen LogP contribution in [-0.4, -0.2) is 56.6 Å². The molecule has 5 heteroatoms. The first-order valence-electron chi connectivity index (χ1n) is 10.1. The second-order valence-corrected chi connectivity index (χ2v) is 7.76. The van der Waals surface area contributed by atoms with Crippen LogP contribution in [0.15, 0.2) is 54.6 Å². The molecule has 2 amide bonds. The average molecular weight is 381 g/mol. The van der Waals surface area contributed by atoms with Gasteiger partial charge in [-0.3, -0.25) is 0 Å². The maximum Gasteiger partial charge on any atom is 0.317 e. The molecule has 1 fully saturated rings. The Hall–Kier alpha value is -2.53. The Labute approximate surface area is 168 Å². The van der Waals surface area contributed by atoms with E-state index in [1.165, 1.54) is 29.7 Å². The van der Waals surface area contributed by atoms with Crippen molar-refractivity contribution in [1.82, 2.24) is 15.1 Å². The van der Waals surface area contributed by atoms with Crippen LogP contribution in [-0.2, 0) is 6.54 Å². The summed E-state index contributed by atoms with van der Waals surface area (Å²) >= 11 is 0. The molecule has 0 radical (unpaired) electrons. The van der Waals surface area contributed by atoms with Gasteiger partial charge in [-0.2, -0.15) is 0 Å². The number of likely N-dealkylation sites (N-methyl/N-ethyl adjacent to an activating group) is 1. The molecule has 2 aromatic carbocycles. The third-order valence-corrected chi connectivity index (χ3v) is 5.45. The number of nitrogens with one attached hydrogen (secondary N) is 1. The van der Waals surface area contributed by atoms with Gasteiger partial charge in [0.25, 0.3) is 0 Å². The summed E-state index contributed by atoms with van der Waals surface area (Å²) in [7, 11) is 5.95. The van der Waals surface area contributed by atoms with E-state index in [0.29, 0.717) is 13.1 Å². The van der Waals surface area contributed by atoms with E-state index in [0.717, 1.165) is 13.1 Å². The summed E-state index contributed by atoms with van der Waals surface area (Å²) in [5.41, 5.74) is 3.67. The summed E-state index contributed by atoms with van der Waals surface area (Å²) in [6, 6.07) is 18.8. The summed E-state index contributed by atoms with van der Waals surface area (Å²) in [5.74, 6) is 0. The first-order valence-corrected chi connectivity index (χ1v) is 10.1. The zero-order valence-electron chi connectivity index (χ0n) is 17.3. The quantitative estimate of drug-likeness (QED) is 0.795. The minimum atomic E-state index is -0.0426. The van der Waals surface area contributed by atoms with Crippen molar-refractivity contribution >= 4 is 11.7 Å². The lowest BCUT2D eigenvalue weighted by molar-refractivity contribution is 0.201. The molecule has 1 saturated heterocycles. The molecule has 1 unspecified atom stereocenters. The molecule has 3 rings (SSSR count). The van der Waals surface area contributed by atoms with Crippen LogP contribution in [0.3, 0.4) is 0 Å². The molecule has 5 nitrogen and oxygen atoms in total. The van der Waals surface area contributed by atoms with Crippen LogP contribution in [0.1, 0.15) is 30.0 Å². The Morgan fingerprint density at radius 3 is 2.32 bits per heavy atom. The molecular formula is C23H32N4O. The molecular weight excluding hydrogens is 348 g/mol. The van der Waals surface area contributed by atoms with Gasteiger partial charge in [0.1, 0.15) is 0 Å². The largest absolute Gasteiger partial charge is 0.371 e. The highest BCUT2D eigenvalue weighted by Gasteiger charge is 2.19. The van der Waals surface area contributed by atoms with Crippen LogP contribution in [0, 0.1) is 0 Å². The van der Waals surface area contributed by atoms with E-state index in [1.54, 1.807) is 4.90 Å². The lowest BCUT2D eigenvalue weighted by atomic mass is 10.1. The number of hydrogen-bond donors (Lipinski definition) is 1. The number of carbonyl (C=O) groups is 1. The molecule has 28 heavy (non-hydrogen) atoms. The maximum atomic E-state index is 12.7. The Balaban J connectivity index is 1.60. The minimum absolute atomic E-state index is 0.0426. The SMILES string of the molecule is CN(Cc1ccccc1N1CCCC1)C(=O)NCC(c1ccccc1)N(C)C. The summed E-state index contributed by atoms with van der Waals surface area (Å²) in [6.07, 6.45) is 2.49. The van der Waals surface area contributed by atoms with E-state index >= 15 is 0 Å². The fourth-order valence-corrected chi connectivity index (χ4v) is 3.83. The molecule has 1 heterocycles. The minimum Gasteiger partial charge on any atom is -0.371 e. The van der Waals surface area contributed by atoms with Gasteiger partial charge in [-0.15, -0.1) is 0 Å². The van der Waals surface area contributed by atoms with Gasteiger partial charge in [0.2, 0.25) is 0 Å². The van der Waals surface area contributed by atoms with E-state index in [-0.39, 0.29) is 12.1 Å². The number of benzene rings is 2. The number of nitrogens with zero attached hydrogens (tertiary/aromatic N) is 3. The number of anilines is 1. The topological polar surface area (TPSA) is 38.8 Å². The van der Waals surface area contributed by atoms with E-state index in [1.807, 2.05) is 39.3 Å². The Morgan fingerprint density at radius 2 is 1.64 bits per heavy atom. The van der Waals surface area contributed by atoms with Gasteiger partial charge in [-0.25, -0.2) is 4.79 Å². The molecule has 150 valence electrons. The van der Waals surface area contributed by atoms with Gasteiger partial charge in [0.05, 0.1) is 6.04 Å². The number of urea groups is 1. The van der Waals surface area contributed by atoms with Crippen molar-refractivity contribution in [2.45, 2.75) is 25.4 Å². The second-order valence-electron chi connectivity index (χ2n) is 7.76. The van der Waals surface area contributed by atoms with Gasteiger partial charge < -0.3 is 20.0 Å². The number of carbonyl (C=O) groups excluding carboxylic acids is 1. The Bertz CT molecular complexity index is 756. The summed E-state index contributed by atoms with van der Waals surface area (Å²) in [5, 5.41) is 3.10. The predicted octanol–water partition coefficient (Wildman–Crippen LogP) is 3.73. The van der Waals surface area contributed by atoms with Gasteiger partial charge >= 0.3 is 6.03 Å². The van der Waals surface area contributed by atoms with Crippen LogP contribution in [0.5, 0.6) is 0 Å². The van der Waals surface area contributed by atoms with Gasteiger partial charge in [-0.05, 0) is 44.1 Å². The molecule has 1 aliphatic heterocycles. The fraction of sp³-hybridized carbons (Fsp3) is 0.435. The highest BCUT2D eigenvalue weighted by Crippen LogP contribution is 2.25. The van der Waals surface area contributed by atoms with Gasteiger partial charge in [-0.1, -0.05) is 48.5 Å². The summed E-state index contributed by atoms with van der Waals surface area (Å²) < 4.78 is 0. The van der Waals surface area contributed by atoms with E-state index < -0.39 is 0 Å². The maximum absolute atomic E-state index is 12.7. The van der Waals surface area contributed by atoms with Crippen molar-refractivity contribution in [3.8, 4) is 0 Å². The van der Waals surface area contributed by atoms with Crippen LogP contribution in [0.25, 0.3) is 0 Å². The number of rotatable bonds is 7. The molecule has 0 aliphatic carbocycles. The van der Waals surface area contributed by atoms with Crippen LogP contribution < -0.4 is 10.2 Å². The third-order valence-electron chi connectivity index (χ3n) is 5.45. The third kappa shape index (κ3) is 5.04. The first kappa shape index (κ1) is 20.2. The smallest absolute Gasteiger partial charge is 0.317 e. The number of hydrogen-bond acceptors (Lipinski definition) is 3. The fourth-order valence-electron chi connectivity index (χ4n) is 3.83. The number of para-hydroxylation sites is 1. The van der Waals surface area contributed by atoms with Crippen LogP contribution in [0.2, 0.25) is 0 Å². The summed E-state index contributed by atoms with van der Waals surface area (Å²) in [6.45, 7) is 3.40. The molecule has 0 aromatic heterocycles. The van der Waals surface area contributed by atoms with E-state index in [2.05, 4.69) is 51.5 Å². The average Bonchev–Trinajstić information content (AvgIpc) is 3.23. The molecule has 0 bridgehead atoms.